The van der Waals surface area contributed by atoms with Gasteiger partial charge in [0.15, 0.2) is 11.5 Å². The molecule has 1 aliphatic rings. The topological polar surface area (TPSA) is 81.8 Å². The number of ether oxygens (including phenoxy) is 2. The van der Waals surface area contributed by atoms with E-state index in [1.165, 1.54) is 0 Å². The zero-order chi connectivity index (χ0) is 14.0. The van der Waals surface area contributed by atoms with Gasteiger partial charge in [0, 0.05) is 18.0 Å². The van der Waals surface area contributed by atoms with Gasteiger partial charge in [0.2, 0.25) is 6.79 Å². The second-order valence-electron chi connectivity index (χ2n) is 4.38. The van der Waals surface area contributed by atoms with Gasteiger partial charge in [0.05, 0.1) is 4.47 Å². The molecule has 0 bridgehead atoms. The normalized spacial score (nSPS) is 14.5. The van der Waals surface area contributed by atoms with Crippen molar-refractivity contribution in [3.05, 3.63) is 21.7 Å². The number of aliphatic carboxylic acids is 1. The van der Waals surface area contributed by atoms with Crippen LogP contribution in [0.15, 0.2) is 10.5 Å². The number of carboxylic acid groups (broad SMARTS) is 1. The number of fused-ring (bicyclic) bond motifs is 1. The van der Waals surface area contributed by atoms with E-state index in [1.54, 1.807) is 0 Å². The summed E-state index contributed by atoms with van der Waals surface area (Å²) < 4.78 is 11.7. The number of carbonyl (C=O) groups is 1. The van der Waals surface area contributed by atoms with E-state index in [0.717, 1.165) is 27.8 Å². The van der Waals surface area contributed by atoms with Crippen LogP contribution >= 0.6 is 15.9 Å². The van der Waals surface area contributed by atoms with Crippen molar-refractivity contribution in [2.24, 2.45) is 5.73 Å². The summed E-state index contributed by atoms with van der Waals surface area (Å²) in [6, 6.07) is 1.58. The van der Waals surface area contributed by atoms with Crippen LogP contribution < -0.4 is 15.2 Å². The predicted molar refractivity (Wildman–Crippen MR) is 73.4 cm³/mol. The molecule has 0 aromatic heterocycles. The Bertz CT molecular complexity index is 504. The van der Waals surface area contributed by atoms with Crippen LogP contribution in [-0.2, 0) is 11.2 Å². The SMILES string of the molecule is CCc1c(C(N)CCC(=O)O)cc(Br)c2c1OCO2. The molecule has 0 aliphatic carbocycles. The molecule has 1 aliphatic heterocycles. The van der Waals surface area contributed by atoms with Gasteiger partial charge in [0.25, 0.3) is 0 Å². The van der Waals surface area contributed by atoms with Gasteiger partial charge in [-0.05, 0) is 40.4 Å². The molecule has 1 aromatic rings. The Hall–Kier alpha value is -1.27. The van der Waals surface area contributed by atoms with E-state index in [0.29, 0.717) is 12.2 Å². The van der Waals surface area contributed by atoms with Crippen LogP contribution in [0.1, 0.15) is 36.9 Å². The lowest BCUT2D eigenvalue weighted by atomic mass is 9.95. The minimum atomic E-state index is -0.840. The fourth-order valence-corrected chi connectivity index (χ4v) is 2.77. The fraction of sp³-hybridized carbons (Fsp3) is 0.462. The Labute approximate surface area is 119 Å². The van der Waals surface area contributed by atoms with Crippen molar-refractivity contribution >= 4 is 21.9 Å². The molecule has 2 rings (SSSR count). The second-order valence-corrected chi connectivity index (χ2v) is 5.24. The molecule has 5 nitrogen and oxygen atoms in total. The molecule has 1 unspecified atom stereocenters. The first-order chi connectivity index (χ1) is 9.04. The quantitative estimate of drug-likeness (QED) is 0.867. The van der Waals surface area contributed by atoms with Crippen LogP contribution in [0.3, 0.4) is 0 Å². The summed E-state index contributed by atoms with van der Waals surface area (Å²) in [7, 11) is 0. The summed E-state index contributed by atoms with van der Waals surface area (Å²) in [4.78, 5) is 10.6. The summed E-state index contributed by atoms with van der Waals surface area (Å²) >= 11 is 3.43. The van der Waals surface area contributed by atoms with Gasteiger partial charge in [-0.3, -0.25) is 4.79 Å². The predicted octanol–water partition coefficient (Wildman–Crippen LogP) is 2.60. The minimum Gasteiger partial charge on any atom is -0.481 e. The largest absolute Gasteiger partial charge is 0.481 e. The van der Waals surface area contributed by atoms with Gasteiger partial charge in [-0.1, -0.05) is 6.92 Å². The first-order valence-corrected chi connectivity index (χ1v) is 6.92. The van der Waals surface area contributed by atoms with E-state index in [2.05, 4.69) is 15.9 Å². The van der Waals surface area contributed by atoms with E-state index in [-0.39, 0.29) is 19.3 Å². The van der Waals surface area contributed by atoms with Gasteiger partial charge in [-0.15, -0.1) is 0 Å². The number of halogens is 1. The van der Waals surface area contributed by atoms with Crippen molar-refractivity contribution in [1.29, 1.82) is 0 Å². The summed E-state index contributed by atoms with van der Waals surface area (Å²) in [6.07, 6.45) is 1.21. The van der Waals surface area contributed by atoms with Crippen molar-refractivity contribution in [2.75, 3.05) is 6.79 Å². The average Bonchev–Trinajstić information content (AvgIpc) is 2.85. The Kier molecular flexibility index (Phi) is 4.31. The zero-order valence-electron chi connectivity index (χ0n) is 10.6. The molecule has 1 heterocycles. The van der Waals surface area contributed by atoms with Gasteiger partial charge in [-0.25, -0.2) is 0 Å². The van der Waals surface area contributed by atoms with Crippen molar-refractivity contribution in [1.82, 2.24) is 0 Å². The van der Waals surface area contributed by atoms with Crippen LogP contribution in [0.4, 0.5) is 0 Å². The lowest BCUT2D eigenvalue weighted by Gasteiger charge is -2.17. The standard InChI is InChI=1S/C13H16BrNO4/c1-2-7-8(10(15)3-4-11(16)17)5-9(14)13-12(7)18-6-19-13/h5,10H,2-4,6,15H2,1H3,(H,16,17). The van der Waals surface area contributed by atoms with Crippen molar-refractivity contribution in [3.8, 4) is 11.5 Å². The molecule has 104 valence electrons. The Morgan fingerprint density at radius 3 is 2.84 bits per heavy atom. The van der Waals surface area contributed by atoms with Gasteiger partial charge in [0.1, 0.15) is 0 Å². The second kappa shape index (κ2) is 5.79. The summed E-state index contributed by atoms with van der Waals surface area (Å²) in [6.45, 7) is 2.22. The van der Waals surface area contributed by atoms with Crippen LogP contribution in [0, 0.1) is 0 Å². The van der Waals surface area contributed by atoms with Crippen LogP contribution in [0.2, 0.25) is 0 Å². The summed E-state index contributed by atoms with van der Waals surface area (Å²) in [5.74, 6) is 0.581. The Morgan fingerprint density at radius 2 is 2.21 bits per heavy atom. The number of hydrogen-bond donors (Lipinski definition) is 2. The number of nitrogens with two attached hydrogens (primary N) is 1. The van der Waals surface area contributed by atoms with E-state index in [4.69, 9.17) is 20.3 Å². The molecule has 1 atom stereocenters. The number of rotatable bonds is 5. The summed E-state index contributed by atoms with van der Waals surface area (Å²) in [5, 5.41) is 8.74. The molecule has 19 heavy (non-hydrogen) atoms. The maximum Gasteiger partial charge on any atom is 0.303 e. The van der Waals surface area contributed by atoms with Crippen molar-refractivity contribution in [2.45, 2.75) is 32.2 Å². The van der Waals surface area contributed by atoms with E-state index >= 15 is 0 Å². The average molecular weight is 330 g/mol. The number of carboxylic acids is 1. The lowest BCUT2D eigenvalue weighted by Crippen LogP contribution is -2.14. The molecule has 0 amide bonds. The maximum absolute atomic E-state index is 10.6. The highest BCUT2D eigenvalue weighted by atomic mass is 79.9. The lowest BCUT2D eigenvalue weighted by molar-refractivity contribution is -0.137. The zero-order valence-corrected chi connectivity index (χ0v) is 12.2. The molecule has 3 N–H and O–H groups in total. The van der Waals surface area contributed by atoms with Gasteiger partial charge in [-0.2, -0.15) is 0 Å². The molecular weight excluding hydrogens is 314 g/mol. The third-order valence-electron chi connectivity index (χ3n) is 3.16. The van der Waals surface area contributed by atoms with E-state index in [1.807, 2.05) is 13.0 Å². The molecule has 6 heteroatoms. The smallest absolute Gasteiger partial charge is 0.303 e. The molecule has 0 spiro atoms. The molecule has 0 saturated carbocycles. The first kappa shape index (κ1) is 14.1. The third-order valence-corrected chi connectivity index (χ3v) is 3.75. The highest BCUT2D eigenvalue weighted by molar-refractivity contribution is 9.10. The van der Waals surface area contributed by atoms with Gasteiger partial charge < -0.3 is 20.3 Å². The Balaban J connectivity index is 2.34. The van der Waals surface area contributed by atoms with Crippen molar-refractivity contribution < 1.29 is 19.4 Å². The molecule has 0 fully saturated rings. The first-order valence-electron chi connectivity index (χ1n) is 6.12. The number of hydrogen-bond acceptors (Lipinski definition) is 4. The van der Waals surface area contributed by atoms with E-state index < -0.39 is 5.97 Å². The number of benzene rings is 1. The van der Waals surface area contributed by atoms with Crippen LogP contribution in [0.25, 0.3) is 0 Å². The van der Waals surface area contributed by atoms with E-state index in [9.17, 15) is 4.79 Å². The van der Waals surface area contributed by atoms with Crippen LogP contribution in [0.5, 0.6) is 11.5 Å². The molecular formula is C13H16BrNO4. The monoisotopic (exact) mass is 329 g/mol. The highest BCUT2D eigenvalue weighted by Gasteiger charge is 2.25. The molecule has 1 aromatic carbocycles. The maximum atomic E-state index is 10.6. The Morgan fingerprint density at radius 1 is 1.53 bits per heavy atom. The molecule has 0 radical (unpaired) electrons. The molecule has 0 saturated heterocycles. The van der Waals surface area contributed by atoms with Gasteiger partial charge >= 0.3 is 5.97 Å². The highest BCUT2D eigenvalue weighted by Crippen LogP contribution is 2.45. The minimum absolute atomic E-state index is 0.0520. The van der Waals surface area contributed by atoms with Crippen LogP contribution in [-0.4, -0.2) is 17.9 Å². The van der Waals surface area contributed by atoms with Crippen molar-refractivity contribution in [3.63, 3.8) is 0 Å². The fourth-order valence-electron chi connectivity index (χ4n) is 2.23. The summed E-state index contributed by atoms with van der Waals surface area (Å²) in [5.41, 5.74) is 8.01. The third kappa shape index (κ3) is 2.84.